The minimum Gasteiger partial charge on any atom is -0.369 e. The summed E-state index contributed by atoms with van der Waals surface area (Å²) in [5.74, 6) is -0.930. The number of rotatable bonds is 4. The Kier molecular flexibility index (Phi) is 5.25. The van der Waals surface area contributed by atoms with Crippen LogP contribution in [0, 0.1) is 0 Å². The lowest BCUT2D eigenvalue weighted by Gasteiger charge is -2.31. The van der Waals surface area contributed by atoms with E-state index in [0.29, 0.717) is 25.9 Å². The van der Waals surface area contributed by atoms with Crippen LogP contribution in [-0.4, -0.2) is 42.4 Å². The van der Waals surface area contributed by atoms with Gasteiger partial charge in [-0.3, -0.25) is 14.5 Å². The summed E-state index contributed by atoms with van der Waals surface area (Å²) in [6, 6.07) is 4.22. The molecule has 1 fully saturated rings. The molecule has 3 N–H and O–H groups in total. The van der Waals surface area contributed by atoms with Crippen LogP contribution >= 0.6 is 0 Å². The summed E-state index contributed by atoms with van der Waals surface area (Å²) in [4.78, 5) is 24.8. The Labute approximate surface area is 131 Å². The zero-order valence-corrected chi connectivity index (χ0v) is 12.4. The highest BCUT2D eigenvalue weighted by atomic mass is 19.4. The van der Waals surface area contributed by atoms with Crippen LogP contribution in [0.25, 0.3) is 0 Å². The normalized spacial score (nSPS) is 17.0. The van der Waals surface area contributed by atoms with Crippen molar-refractivity contribution in [2.24, 2.45) is 5.73 Å². The first kappa shape index (κ1) is 17.3. The third kappa shape index (κ3) is 4.95. The fourth-order valence-corrected chi connectivity index (χ4v) is 2.56. The zero-order chi connectivity index (χ0) is 17.0. The molecule has 1 aromatic rings. The van der Waals surface area contributed by atoms with Gasteiger partial charge in [0.05, 0.1) is 12.1 Å². The predicted molar refractivity (Wildman–Crippen MR) is 77.6 cm³/mol. The van der Waals surface area contributed by atoms with E-state index in [1.807, 2.05) is 4.90 Å². The van der Waals surface area contributed by atoms with Crippen LogP contribution in [0.2, 0.25) is 0 Å². The minimum atomic E-state index is -4.48. The first-order valence-corrected chi connectivity index (χ1v) is 7.24. The van der Waals surface area contributed by atoms with E-state index in [0.717, 1.165) is 12.1 Å². The highest BCUT2D eigenvalue weighted by molar-refractivity contribution is 5.94. The maximum atomic E-state index is 12.7. The second-order valence-electron chi connectivity index (χ2n) is 5.57. The van der Waals surface area contributed by atoms with E-state index in [1.165, 1.54) is 12.1 Å². The number of nitrogens with two attached hydrogens (primary N) is 1. The highest BCUT2D eigenvalue weighted by Gasteiger charge is 2.31. The summed E-state index contributed by atoms with van der Waals surface area (Å²) < 4.78 is 38.0. The number of nitrogens with zero attached hydrogens (tertiary/aromatic N) is 1. The predicted octanol–water partition coefficient (Wildman–Crippen LogP) is 1.38. The van der Waals surface area contributed by atoms with E-state index in [4.69, 9.17) is 5.73 Å². The van der Waals surface area contributed by atoms with Crippen molar-refractivity contribution in [3.63, 3.8) is 0 Å². The molecule has 8 heteroatoms. The molecule has 23 heavy (non-hydrogen) atoms. The number of carbonyl (C=O) groups excluding carboxylic acids is 2. The smallest absolute Gasteiger partial charge is 0.369 e. The topological polar surface area (TPSA) is 75.4 Å². The third-order valence-corrected chi connectivity index (χ3v) is 3.75. The molecule has 0 bridgehead atoms. The number of benzene rings is 1. The van der Waals surface area contributed by atoms with Gasteiger partial charge in [-0.25, -0.2) is 0 Å². The van der Waals surface area contributed by atoms with Crippen molar-refractivity contribution >= 4 is 11.8 Å². The third-order valence-electron chi connectivity index (χ3n) is 3.75. The molecule has 1 aliphatic heterocycles. The van der Waals surface area contributed by atoms with Gasteiger partial charge >= 0.3 is 6.18 Å². The number of amides is 2. The maximum Gasteiger partial charge on any atom is 0.416 e. The summed E-state index contributed by atoms with van der Waals surface area (Å²) in [5.41, 5.74) is 4.26. The molecule has 0 aliphatic carbocycles. The van der Waals surface area contributed by atoms with Gasteiger partial charge in [0.25, 0.3) is 5.91 Å². The molecule has 1 aromatic carbocycles. The van der Waals surface area contributed by atoms with Crippen LogP contribution in [0.15, 0.2) is 24.3 Å². The van der Waals surface area contributed by atoms with E-state index in [-0.39, 0.29) is 18.2 Å². The molecule has 1 heterocycles. The second-order valence-corrected chi connectivity index (χ2v) is 5.57. The summed E-state index contributed by atoms with van der Waals surface area (Å²) in [5, 5.41) is 2.74. The van der Waals surface area contributed by atoms with Crippen molar-refractivity contribution in [3.8, 4) is 0 Å². The molecule has 2 amide bonds. The second kappa shape index (κ2) is 6.99. The molecule has 5 nitrogen and oxygen atoms in total. The van der Waals surface area contributed by atoms with Gasteiger partial charge < -0.3 is 11.1 Å². The van der Waals surface area contributed by atoms with Crippen LogP contribution in [0.1, 0.15) is 28.8 Å². The fraction of sp³-hybridized carbons (Fsp3) is 0.467. The number of likely N-dealkylation sites (tertiary alicyclic amines) is 1. The van der Waals surface area contributed by atoms with Crippen molar-refractivity contribution in [2.75, 3.05) is 19.6 Å². The highest BCUT2D eigenvalue weighted by Crippen LogP contribution is 2.29. The molecule has 2 rings (SSSR count). The van der Waals surface area contributed by atoms with E-state index >= 15 is 0 Å². The molecule has 0 saturated carbocycles. The molecule has 1 saturated heterocycles. The molecular formula is C15H18F3N3O2. The molecule has 126 valence electrons. The molecule has 0 aromatic heterocycles. The lowest BCUT2D eigenvalue weighted by molar-refractivity contribution is -0.137. The van der Waals surface area contributed by atoms with Gasteiger partial charge in [0.2, 0.25) is 5.91 Å². The Balaban J connectivity index is 1.92. The van der Waals surface area contributed by atoms with E-state index in [2.05, 4.69) is 5.32 Å². The van der Waals surface area contributed by atoms with Crippen LogP contribution in [0.5, 0.6) is 0 Å². The molecule has 1 aliphatic rings. The SMILES string of the molecule is NC(=O)CN1CCC(NC(=O)c2cccc(C(F)(F)F)c2)CC1. The first-order valence-electron chi connectivity index (χ1n) is 7.24. The fourth-order valence-electron chi connectivity index (χ4n) is 2.56. The molecular weight excluding hydrogens is 311 g/mol. The zero-order valence-electron chi connectivity index (χ0n) is 12.4. The number of hydrogen-bond acceptors (Lipinski definition) is 3. The Morgan fingerprint density at radius 3 is 2.48 bits per heavy atom. The van der Waals surface area contributed by atoms with Crippen molar-refractivity contribution in [3.05, 3.63) is 35.4 Å². The van der Waals surface area contributed by atoms with Gasteiger partial charge in [-0.05, 0) is 31.0 Å². The van der Waals surface area contributed by atoms with E-state index in [9.17, 15) is 22.8 Å². The van der Waals surface area contributed by atoms with Crippen molar-refractivity contribution in [1.29, 1.82) is 0 Å². The lowest BCUT2D eigenvalue weighted by Crippen LogP contribution is -2.46. The van der Waals surface area contributed by atoms with Gasteiger partial charge in [-0.15, -0.1) is 0 Å². The molecule has 0 radical (unpaired) electrons. The average molecular weight is 329 g/mol. The lowest BCUT2D eigenvalue weighted by atomic mass is 10.0. The summed E-state index contributed by atoms with van der Waals surface area (Å²) >= 11 is 0. The van der Waals surface area contributed by atoms with Crippen LogP contribution < -0.4 is 11.1 Å². The van der Waals surface area contributed by atoms with Crippen molar-refractivity contribution in [2.45, 2.75) is 25.1 Å². The number of halogens is 3. The summed E-state index contributed by atoms with van der Waals surface area (Å²) in [7, 11) is 0. The van der Waals surface area contributed by atoms with E-state index < -0.39 is 23.6 Å². The Bertz CT molecular complexity index is 582. The van der Waals surface area contributed by atoms with Gasteiger partial charge in [0.1, 0.15) is 0 Å². The number of nitrogens with one attached hydrogen (secondary N) is 1. The largest absolute Gasteiger partial charge is 0.416 e. The number of primary amides is 1. The Morgan fingerprint density at radius 1 is 1.26 bits per heavy atom. The first-order chi connectivity index (χ1) is 10.8. The van der Waals surface area contributed by atoms with Crippen molar-refractivity contribution in [1.82, 2.24) is 10.2 Å². The number of hydrogen-bond donors (Lipinski definition) is 2. The van der Waals surface area contributed by atoms with Crippen LogP contribution in [0.3, 0.4) is 0 Å². The maximum absolute atomic E-state index is 12.7. The average Bonchev–Trinajstić information content (AvgIpc) is 2.48. The van der Waals surface area contributed by atoms with Gasteiger partial charge in [-0.1, -0.05) is 6.07 Å². The molecule has 0 unspecified atom stereocenters. The van der Waals surface area contributed by atoms with Crippen molar-refractivity contribution < 1.29 is 22.8 Å². The molecule has 0 spiro atoms. The molecule has 0 atom stereocenters. The monoisotopic (exact) mass is 329 g/mol. The Morgan fingerprint density at radius 2 is 1.91 bits per heavy atom. The minimum absolute atomic E-state index is 0.0145. The standard InChI is InChI=1S/C15H18F3N3O2/c16-15(17,18)11-3-1-2-10(8-11)14(23)20-12-4-6-21(7-5-12)9-13(19)22/h1-3,8,12H,4-7,9H2,(H2,19,22)(H,20,23). The van der Waals surface area contributed by atoms with E-state index in [1.54, 1.807) is 0 Å². The van der Waals surface area contributed by atoms with Crippen LogP contribution in [-0.2, 0) is 11.0 Å². The van der Waals surface area contributed by atoms with Gasteiger partial charge in [-0.2, -0.15) is 13.2 Å². The Hall–Kier alpha value is -2.09. The summed E-state index contributed by atoms with van der Waals surface area (Å²) in [6.07, 6.45) is -3.23. The summed E-state index contributed by atoms with van der Waals surface area (Å²) in [6.45, 7) is 1.39. The number of piperidine rings is 1. The van der Waals surface area contributed by atoms with Crippen LogP contribution in [0.4, 0.5) is 13.2 Å². The van der Waals surface area contributed by atoms with Gasteiger partial charge in [0.15, 0.2) is 0 Å². The number of alkyl halides is 3. The number of carbonyl (C=O) groups is 2. The van der Waals surface area contributed by atoms with Gasteiger partial charge in [0, 0.05) is 24.7 Å². The quantitative estimate of drug-likeness (QED) is 0.876.